The summed E-state index contributed by atoms with van der Waals surface area (Å²) in [6.07, 6.45) is 5.65. The van der Waals surface area contributed by atoms with Gasteiger partial charge in [-0.3, -0.25) is 4.90 Å². The molecular weight excluding hydrogens is 184 g/mol. The summed E-state index contributed by atoms with van der Waals surface area (Å²) in [6.45, 7) is 10.8. The number of rotatable bonds is 3. The predicted octanol–water partition coefficient (Wildman–Crippen LogP) is 2.25. The zero-order valence-electron chi connectivity index (χ0n) is 10.6. The summed E-state index contributed by atoms with van der Waals surface area (Å²) in [5, 5.41) is 3.69. The molecule has 15 heavy (non-hydrogen) atoms. The first-order valence-corrected chi connectivity index (χ1v) is 6.62. The van der Waals surface area contributed by atoms with Crippen LogP contribution in [0.5, 0.6) is 0 Å². The monoisotopic (exact) mass is 210 g/mol. The second kappa shape index (κ2) is 4.42. The lowest BCUT2D eigenvalue weighted by Crippen LogP contribution is -2.62. The average Bonchev–Trinajstić information content (AvgIpc) is 2.17. The summed E-state index contributed by atoms with van der Waals surface area (Å²) in [5.41, 5.74) is 0.357. The maximum atomic E-state index is 3.69. The fourth-order valence-electron chi connectivity index (χ4n) is 2.67. The number of nitrogens with one attached hydrogen (secondary N) is 1. The predicted molar refractivity (Wildman–Crippen MR) is 65.1 cm³/mol. The highest BCUT2D eigenvalue weighted by Gasteiger charge is 2.34. The highest BCUT2D eigenvalue weighted by molar-refractivity contribution is 4.94. The second-order valence-corrected chi connectivity index (χ2v) is 5.87. The van der Waals surface area contributed by atoms with Crippen molar-refractivity contribution in [2.75, 3.05) is 19.6 Å². The highest BCUT2D eigenvalue weighted by Crippen LogP contribution is 2.29. The van der Waals surface area contributed by atoms with Crippen molar-refractivity contribution in [3.8, 4) is 0 Å². The van der Waals surface area contributed by atoms with Crippen LogP contribution in [-0.4, -0.2) is 36.1 Å². The van der Waals surface area contributed by atoms with Gasteiger partial charge < -0.3 is 5.32 Å². The molecular formula is C13H26N2. The Kier molecular flexibility index (Phi) is 3.36. The second-order valence-electron chi connectivity index (χ2n) is 5.87. The van der Waals surface area contributed by atoms with E-state index in [-0.39, 0.29) is 0 Å². The Labute approximate surface area is 94.4 Å². The molecule has 0 radical (unpaired) electrons. The fraction of sp³-hybridized carbons (Fsp3) is 1.00. The van der Waals surface area contributed by atoms with Crippen molar-refractivity contribution >= 4 is 0 Å². The SMILES string of the molecule is CCC1(C)CN(CC2CCC2)C(C)CN1. The molecule has 1 N–H and O–H groups in total. The molecule has 2 fully saturated rings. The van der Waals surface area contributed by atoms with E-state index in [1.165, 1.54) is 38.8 Å². The molecule has 0 aromatic rings. The van der Waals surface area contributed by atoms with Crippen LogP contribution in [0.3, 0.4) is 0 Å². The van der Waals surface area contributed by atoms with E-state index in [1.54, 1.807) is 0 Å². The van der Waals surface area contributed by atoms with E-state index in [0.29, 0.717) is 5.54 Å². The Hall–Kier alpha value is -0.0800. The summed E-state index contributed by atoms with van der Waals surface area (Å²) >= 11 is 0. The molecule has 1 aliphatic carbocycles. The molecule has 0 spiro atoms. The van der Waals surface area contributed by atoms with Crippen LogP contribution in [0.4, 0.5) is 0 Å². The van der Waals surface area contributed by atoms with Gasteiger partial charge in [0.1, 0.15) is 0 Å². The van der Waals surface area contributed by atoms with Gasteiger partial charge >= 0.3 is 0 Å². The number of hydrogen-bond acceptors (Lipinski definition) is 2. The van der Waals surface area contributed by atoms with Crippen molar-refractivity contribution < 1.29 is 0 Å². The maximum Gasteiger partial charge on any atom is 0.0278 e. The topological polar surface area (TPSA) is 15.3 Å². The molecule has 1 aliphatic heterocycles. The first kappa shape index (κ1) is 11.4. The Bertz CT molecular complexity index is 213. The van der Waals surface area contributed by atoms with Gasteiger partial charge in [-0.15, -0.1) is 0 Å². The van der Waals surface area contributed by atoms with Gasteiger partial charge in [-0.05, 0) is 39.0 Å². The summed E-state index contributed by atoms with van der Waals surface area (Å²) < 4.78 is 0. The van der Waals surface area contributed by atoms with Gasteiger partial charge in [0.2, 0.25) is 0 Å². The molecule has 1 heterocycles. The standard InChI is InChI=1S/C13H26N2/c1-4-13(3)10-15(11(2)8-14-13)9-12-6-5-7-12/h11-12,14H,4-10H2,1-3H3. The Morgan fingerprint density at radius 1 is 1.40 bits per heavy atom. The van der Waals surface area contributed by atoms with Crippen molar-refractivity contribution in [3.63, 3.8) is 0 Å². The van der Waals surface area contributed by atoms with Gasteiger partial charge in [-0.2, -0.15) is 0 Å². The largest absolute Gasteiger partial charge is 0.309 e. The zero-order valence-corrected chi connectivity index (χ0v) is 10.6. The smallest absolute Gasteiger partial charge is 0.0278 e. The minimum absolute atomic E-state index is 0.357. The molecule has 2 heteroatoms. The minimum Gasteiger partial charge on any atom is -0.309 e. The van der Waals surface area contributed by atoms with Gasteiger partial charge in [0.05, 0.1) is 0 Å². The number of nitrogens with zero attached hydrogens (tertiary/aromatic N) is 1. The summed E-state index contributed by atoms with van der Waals surface area (Å²) in [7, 11) is 0. The van der Waals surface area contributed by atoms with Crippen LogP contribution < -0.4 is 5.32 Å². The molecule has 0 amide bonds. The van der Waals surface area contributed by atoms with Crippen LogP contribution in [0, 0.1) is 5.92 Å². The van der Waals surface area contributed by atoms with Crippen molar-refractivity contribution in [2.24, 2.45) is 5.92 Å². The maximum absolute atomic E-state index is 3.69. The molecule has 88 valence electrons. The Morgan fingerprint density at radius 2 is 2.13 bits per heavy atom. The molecule has 1 saturated carbocycles. The number of hydrogen-bond donors (Lipinski definition) is 1. The molecule has 1 saturated heterocycles. The van der Waals surface area contributed by atoms with Crippen molar-refractivity contribution in [2.45, 2.75) is 58.0 Å². The van der Waals surface area contributed by atoms with E-state index < -0.39 is 0 Å². The minimum atomic E-state index is 0.357. The lowest BCUT2D eigenvalue weighted by atomic mass is 9.83. The van der Waals surface area contributed by atoms with Crippen LogP contribution in [0.1, 0.15) is 46.5 Å². The van der Waals surface area contributed by atoms with E-state index in [4.69, 9.17) is 0 Å². The summed E-state index contributed by atoms with van der Waals surface area (Å²) in [6, 6.07) is 0.727. The fourth-order valence-corrected chi connectivity index (χ4v) is 2.67. The van der Waals surface area contributed by atoms with E-state index in [9.17, 15) is 0 Å². The molecule has 2 unspecified atom stereocenters. The third kappa shape index (κ3) is 2.54. The third-order valence-electron chi connectivity index (χ3n) is 4.50. The molecule has 2 aliphatic rings. The number of piperazine rings is 1. The Balaban J connectivity index is 1.89. The van der Waals surface area contributed by atoms with E-state index in [2.05, 4.69) is 31.0 Å². The molecule has 2 nitrogen and oxygen atoms in total. The molecule has 0 bridgehead atoms. The van der Waals surface area contributed by atoms with Gasteiger partial charge in [0, 0.05) is 31.2 Å². The zero-order chi connectivity index (χ0) is 10.9. The van der Waals surface area contributed by atoms with Gasteiger partial charge in [-0.1, -0.05) is 13.3 Å². The van der Waals surface area contributed by atoms with Crippen LogP contribution in [0.2, 0.25) is 0 Å². The first-order valence-electron chi connectivity index (χ1n) is 6.62. The van der Waals surface area contributed by atoms with Crippen molar-refractivity contribution in [3.05, 3.63) is 0 Å². The average molecular weight is 210 g/mol. The van der Waals surface area contributed by atoms with Crippen LogP contribution >= 0.6 is 0 Å². The van der Waals surface area contributed by atoms with E-state index >= 15 is 0 Å². The molecule has 0 aromatic carbocycles. The normalized spacial score (nSPS) is 39.0. The third-order valence-corrected chi connectivity index (χ3v) is 4.50. The molecule has 2 rings (SSSR count). The first-order chi connectivity index (χ1) is 7.13. The van der Waals surface area contributed by atoms with Gasteiger partial charge in [0.15, 0.2) is 0 Å². The van der Waals surface area contributed by atoms with Gasteiger partial charge in [-0.25, -0.2) is 0 Å². The summed E-state index contributed by atoms with van der Waals surface area (Å²) in [4.78, 5) is 2.71. The van der Waals surface area contributed by atoms with Crippen LogP contribution in [0.25, 0.3) is 0 Å². The quantitative estimate of drug-likeness (QED) is 0.768. The van der Waals surface area contributed by atoms with Gasteiger partial charge in [0.25, 0.3) is 0 Å². The highest BCUT2D eigenvalue weighted by atomic mass is 15.2. The van der Waals surface area contributed by atoms with E-state index in [0.717, 1.165) is 18.5 Å². The van der Waals surface area contributed by atoms with Crippen LogP contribution in [0.15, 0.2) is 0 Å². The van der Waals surface area contributed by atoms with Crippen LogP contribution in [-0.2, 0) is 0 Å². The Morgan fingerprint density at radius 3 is 2.67 bits per heavy atom. The van der Waals surface area contributed by atoms with Crippen molar-refractivity contribution in [1.82, 2.24) is 10.2 Å². The molecule has 0 aromatic heterocycles. The lowest BCUT2D eigenvalue weighted by Gasteiger charge is -2.47. The summed E-state index contributed by atoms with van der Waals surface area (Å²) in [5.74, 6) is 1.01. The van der Waals surface area contributed by atoms with E-state index in [1.807, 2.05) is 0 Å². The van der Waals surface area contributed by atoms with Crippen molar-refractivity contribution in [1.29, 1.82) is 0 Å². The lowest BCUT2D eigenvalue weighted by molar-refractivity contribution is 0.0631. The molecule has 2 atom stereocenters.